The van der Waals surface area contributed by atoms with Gasteiger partial charge in [0.15, 0.2) is 0 Å². The Morgan fingerprint density at radius 3 is 2.38 bits per heavy atom. The molecule has 1 aromatic heterocycles. The molecule has 2 heterocycles. The van der Waals surface area contributed by atoms with E-state index in [0.717, 1.165) is 18.5 Å². The molecule has 1 saturated heterocycles. The number of amides is 1. The summed E-state index contributed by atoms with van der Waals surface area (Å²) in [5.74, 6) is 0.652. The number of nitriles is 2. The first kappa shape index (κ1) is 17.7. The minimum Gasteiger partial charge on any atom is -0.355 e. The molecule has 24 heavy (non-hydrogen) atoms. The molecule has 0 radical (unpaired) electrons. The van der Waals surface area contributed by atoms with Crippen LogP contribution in [0.1, 0.15) is 43.2 Å². The van der Waals surface area contributed by atoms with Crippen molar-refractivity contribution in [2.45, 2.75) is 34.1 Å². The number of nitrogens with zero attached hydrogens (tertiary/aromatic N) is 5. The van der Waals surface area contributed by atoms with Gasteiger partial charge >= 0.3 is 0 Å². The summed E-state index contributed by atoms with van der Waals surface area (Å²) in [5, 5.41) is 19.0. The summed E-state index contributed by atoms with van der Waals surface area (Å²) >= 11 is 0. The molecule has 126 valence electrons. The van der Waals surface area contributed by atoms with Gasteiger partial charge < -0.3 is 9.80 Å². The SMILES string of the molecule is CCc1c(C#N)c(C)nc(N(CC)CC2(C)CN(C=O)C2)c1C#N. The number of carbonyl (C=O) groups excluding carboxylic acids is 1. The zero-order valence-corrected chi connectivity index (χ0v) is 14.8. The predicted octanol–water partition coefficient (Wildman–Crippen LogP) is 2.00. The van der Waals surface area contributed by atoms with Crippen molar-refractivity contribution in [3.63, 3.8) is 0 Å². The molecule has 6 nitrogen and oxygen atoms in total. The zero-order chi connectivity index (χ0) is 17.9. The van der Waals surface area contributed by atoms with Crippen LogP contribution in [0.4, 0.5) is 5.82 Å². The molecule has 6 heteroatoms. The Morgan fingerprint density at radius 2 is 1.92 bits per heavy atom. The number of aryl methyl sites for hydroxylation is 1. The number of hydrogen-bond donors (Lipinski definition) is 0. The Balaban J connectivity index is 2.42. The fraction of sp³-hybridized carbons (Fsp3) is 0.556. The van der Waals surface area contributed by atoms with Gasteiger partial charge in [0.1, 0.15) is 18.0 Å². The molecule has 0 aromatic carbocycles. The molecule has 1 aliphatic rings. The average Bonchev–Trinajstić information content (AvgIpc) is 2.55. The molecule has 0 bridgehead atoms. The molecular formula is C18H23N5O. The van der Waals surface area contributed by atoms with E-state index < -0.39 is 0 Å². The molecule has 1 aliphatic heterocycles. The third kappa shape index (κ3) is 3.05. The second kappa shape index (κ2) is 6.88. The van der Waals surface area contributed by atoms with Gasteiger partial charge in [0.05, 0.1) is 16.8 Å². The highest BCUT2D eigenvalue weighted by atomic mass is 16.1. The lowest BCUT2D eigenvalue weighted by atomic mass is 9.81. The van der Waals surface area contributed by atoms with E-state index in [9.17, 15) is 15.3 Å². The number of hydrogen-bond acceptors (Lipinski definition) is 5. The van der Waals surface area contributed by atoms with Crippen LogP contribution in [0.15, 0.2) is 0 Å². The van der Waals surface area contributed by atoms with E-state index in [4.69, 9.17) is 0 Å². The number of carbonyl (C=O) groups is 1. The molecule has 0 spiro atoms. The summed E-state index contributed by atoms with van der Waals surface area (Å²) in [6, 6.07) is 4.43. The van der Waals surface area contributed by atoms with Gasteiger partial charge in [-0.15, -0.1) is 0 Å². The van der Waals surface area contributed by atoms with E-state index in [0.29, 0.717) is 48.7 Å². The maximum Gasteiger partial charge on any atom is 0.209 e. The van der Waals surface area contributed by atoms with Crippen molar-refractivity contribution in [3.8, 4) is 12.1 Å². The predicted molar refractivity (Wildman–Crippen MR) is 91.4 cm³/mol. The summed E-state index contributed by atoms with van der Waals surface area (Å²) in [7, 11) is 0. The summed E-state index contributed by atoms with van der Waals surface area (Å²) in [5.41, 5.74) is 2.44. The van der Waals surface area contributed by atoms with Crippen LogP contribution in [0.5, 0.6) is 0 Å². The Kier molecular flexibility index (Phi) is 5.09. The molecule has 0 saturated carbocycles. The molecule has 1 amide bonds. The average molecular weight is 325 g/mol. The van der Waals surface area contributed by atoms with Crippen molar-refractivity contribution < 1.29 is 4.79 Å². The third-order valence-corrected chi connectivity index (χ3v) is 4.61. The monoisotopic (exact) mass is 325 g/mol. The normalized spacial score (nSPS) is 15.2. The van der Waals surface area contributed by atoms with E-state index >= 15 is 0 Å². The van der Waals surface area contributed by atoms with Gasteiger partial charge in [0.2, 0.25) is 6.41 Å². The van der Waals surface area contributed by atoms with Crippen LogP contribution < -0.4 is 4.90 Å². The molecule has 0 atom stereocenters. The van der Waals surface area contributed by atoms with Crippen molar-refractivity contribution in [1.82, 2.24) is 9.88 Å². The van der Waals surface area contributed by atoms with Gasteiger partial charge in [-0.1, -0.05) is 13.8 Å². The Morgan fingerprint density at radius 1 is 1.29 bits per heavy atom. The van der Waals surface area contributed by atoms with E-state index in [1.165, 1.54) is 0 Å². The lowest BCUT2D eigenvalue weighted by molar-refractivity contribution is -0.127. The molecule has 0 unspecified atom stereocenters. The molecule has 1 aromatic rings. The molecular weight excluding hydrogens is 302 g/mol. The van der Waals surface area contributed by atoms with Crippen LogP contribution in [0, 0.1) is 35.0 Å². The van der Waals surface area contributed by atoms with Gasteiger partial charge in [-0.2, -0.15) is 10.5 Å². The van der Waals surface area contributed by atoms with Crippen molar-refractivity contribution in [1.29, 1.82) is 10.5 Å². The second-order valence-corrected chi connectivity index (χ2v) is 6.66. The largest absolute Gasteiger partial charge is 0.355 e. The fourth-order valence-electron chi connectivity index (χ4n) is 3.50. The molecule has 0 aliphatic carbocycles. The highest BCUT2D eigenvalue weighted by molar-refractivity contribution is 5.63. The highest BCUT2D eigenvalue weighted by Gasteiger charge is 2.40. The van der Waals surface area contributed by atoms with Gasteiger partial charge in [0.25, 0.3) is 0 Å². The summed E-state index contributed by atoms with van der Waals surface area (Å²) in [4.78, 5) is 19.2. The summed E-state index contributed by atoms with van der Waals surface area (Å²) < 4.78 is 0. The number of rotatable bonds is 6. The topological polar surface area (TPSA) is 84.0 Å². The Labute approximate surface area is 143 Å². The number of anilines is 1. The van der Waals surface area contributed by atoms with Crippen LogP contribution in [-0.2, 0) is 11.2 Å². The van der Waals surface area contributed by atoms with Crippen molar-refractivity contribution in [3.05, 3.63) is 22.4 Å². The van der Waals surface area contributed by atoms with E-state index in [2.05, 4.69) is 28.9 Å². The second-order valence-electron chi connectivity index (χ2n) is 6.66. The van der Waals surface area contributed by atoms with Gasteiger partial charge in [-0.05, 0) is 25.8 Å². The first-order valence-corrected chi connectivity index (χ1v) is 8.21. The van der Waals surface area contributed by atoms with Crippen molar-refractivity contribution >= 4 is 12.2 Å². The van der Waals surface area contributed by atoms with E-state index in [1.54, 1.807) is 4.90 Å². The van der Waals surface area contributed by atoms with Crippen LogP contribution in [0.3, 0.4) is 0 Å². The van der Waals surface area contributed by atoms with Crippen molar-refractivity contribution in [2.24, 2.45) is 5.41 Å². The maximum atomic E-state index is 10.8. The zero-order valence-electron chi connectivity index (χ0n) is 14.8. The first-order chi connectivity index (χ1) is 11.4. The van der Waals surface area contributed by atoms with Crippen LogP contribution >= 0.6 is 0 Å². The van der Waals surface area contributed by atoms with Crippen LogP contribution in [0.2, 0.25) is 0 Å². The number of aromatic nitrogens is 1. The molecule has 0 N–H and O–H groups in total. The van der Waals surface area contributed by atoms with Crippen LogP contribution in [0.25, 0.3) is 0 Å². The van der Waals surface area contributed by atoms with Gasteiger partial charge in [0, 0.05) is 31.6 Å². The van der Waals surface area contributed by atoms with E-state index in [1.807, 2.05) is 20.8 Å². The minimum atomic E-state index is -0.000488. The van der Waals surface area contributed by atoms with Gasteiger partial charge in [-0.25, -0.2) is 4.98 Å². The molecule has 1 fully saturated rings. The lowest BCUT2D eigenvalue weighted by Gasteiger charge is -2.48. The number of pyridine rings is 1. The van der Waals surface area contributed by atoms with Gasteiger partial charge in [-0.3, -0.25) is 4.79 Å². The van der Waals surface area contributed by atoms with E-state index in [-0.39, 0.29) is 5.41 Å². The maximum absolute atomic E-state index is 10.8. The van der Waals surface area contributed by atoms with Crippen LogP contribution in [-0.4, -0.2) is 42.5 Å². The van der Waals surface area contributed by atoms with Crippen molar-refractivity contribution in [2.75, 3.05) is 31.1 Å². The first-order valence-electron chi connectivity index (χ1n) is 8.21. The smallest absolute Gasteiger partial charge is 0.209 e. The summed E-state index contributed by atoms with van der Waals surface area (Å²) in [6.45, 7) is 10.8. The quantitative estimate of drug-likeness (QED) is 0.747. The number of likely N-dealkylation sites (tertiary alicyclic amines) is 1. The standard InChI is InChI=1S/C18H23N5O/c1-5-14-15(7-19)13(3)21-17(16(14)8-20)23(6-2)11-18(4)9-22(10-18)12-24/h12H,5-6,9-11H2,1-4H3. The Hall–Kier alpha value is -2.60. The lowest BCUT2D eigenvalue weighted by Crippen LogP contribution is -2.58. The fourth-order valence-corrected chi connectivity index (χ4v) is 3.50. The minimum absolute atomic E-state index is 0.000488. The Bertz CT molecular complexity index is 722. The summed E-state index contributed by atoms with van der Waals surface area (Å²) in [6.07, 6.45) is 1.49. The molecule has 2 rings (SSSR count). The highest BCUT2D eigenvalue weighted by Crippen LogP contribution is 2.33. The third-order valence-electron chi connectivity index (χ3n) is 4.61.